The predicted molar refractivity (Wildman–Crippen MR) is 116 cm³/mol. The van der Waals surface area contributed by atoms with Gasteiger partial charge in [0.2, 0.25) is 0 Å². The second-order valence-corrected chi connectivity index (χ2v) is 12.4. The lowest BCUT2D eigenvalue weighted by Gasteiger charge is -2.62. The normalized spacial score (nSPS) is 49.6. The van der Waals surface area contributed by atoms with Crippen LogP contribution in [0.25, 0.3) is 0 Å². The summed E-state index contributed by atoms with van der Waals surface area (Å²) in [6.45, 7) is 8.47. The molecule has 5 heteroatoms. The second kappa shape index (κ2) is 7.89. The summed E-state index contributed by atoms with van der Waals surface area (Å²) in [6.07, 6.45) is 4.32. The molecule has 0 saturated heterocycles. The molecular formula is C26H43F3O2. The molecule has 0 aromatic carbocycles. The smallest absolute Gasteiger partial charge is 0.390 e. The molecule has 4 fully saturated rings. The van der Waals surface area contributed by atoms with E-state index in [2.05, 4.69) is 20.8 Å². The van der Waals surface area contributed by atoms with Crippen LogP contribution in [0.15, 0.2) is 0 Å². The molecule has 0 unspecified atom stereocenters. The van der Waals surface area contributed by atoms with Gasteiger partial charge in [-0.25, -0.2) is 0 Å². The van der Waals surface area contributed by atoms with Crippen molar-refractivity contribution in [3.05, 3.63) is 0 Å². The molecule has 0 radical (unpaired) electrons. The maximum absolute atomic E-state index is 13.3. The van der Waals surface area contributed by atoms with E-state index in [0.29, 0.717) is 23.7 Å². The summed E-state index contributed by atoms with van der Waals surface area (Å²) in [4.78, 5) is 0. The number of rotatable bonds is 4. The molecule has 0 spiro atoms. The Morgan fingerprint density at radius 3 is 2.26 bits per heavy atom. The Morgan fingerprint density at radius 1 is 0.935 bits per heavy atom. The number of alkyl halides is 3. The first-order valence-corrected chi connectivity index (χ1v) is 12.8. The fourth-order valence-electron chi connectivity index (χ4n) is 9.44. The van der Waals surface area contributed by atoms with Crippen LogP contribution in [0.4, 0.5) is 13.2 Å². The first-order valence-electron chi connectivity index (χ1n) is 12.8. The van der Waals surface area contributed by atoms with Crippen molar-refractivity contribution in [1.29, 1.82) is 0 Å². The predicted octanol–water partition coefficient (Wildman–Crippen LogP) is 6.74. The summed E-state index contributed by atoms with van der Waals surface area (Å²) in [5.74, 6) is 1.49. The highest BCUT2D eigenvalue weighted by Crippen LogP contribution is 2.69. The van der Waals surface area contributed by atoms with Crippen LogP contribution in [0, 0.1) is 46.3 Å². The maximum Gasteiger partial charge on any atom is 0.414 e. The van der Waals surface area contributed by atoms with E-state index in [0.717, 1.165) is 70.6 Å². The van der Waals surface area contributed by atoms with E-state index < -0.39 is 23.8 Å². The van der Waals surface area contributed by atoms with E-state index in [1.807, 2.05) is 0 Å². The van der Waals surface area contributed by atoms with Crippen LogP contribution in [-0.2, 0) is 0 Å². The molecule has 2 N–H and O–H groups in total. The van der Waals surface area contributed by atoms with Crippen molar-refractivity contribution in [3.63, 3.8) is 0 Å². The van der Waals surface area contributed by atoms with Gasteiger partial charge in [-0.05, 0) is 111 Å². The van der Waals surface area contributed by atoms with Gasteiger partial charge in [0.1, 0.15) is 0 Å². The Morgan fingerprint density at radius 2 is 1.61 bits per heavy atom. The van der Waals surface area contributed by atoms with Crippen molar-refractivity contribution < 1.29 is 23.4 Å². The molecular weight excluding hydrogens is 401 g/mol. The van der Waals surface area contributed by atoms with Gasteiger partial charge < -0.3 is 10.2 Å². The summed E-state index contributed by atoms with van der Waals surface area (Å²) in [7, 11) is 0. The largest absolute Gasteiger partial charge is 0.414 e. The highest BCUT2D eigenvalue weighted by atomic mass is 19.4. The summed E-state index contributed by atoms with van der Waals surface area (Å²) in [6, 6.07) is 0. The van der Waals surface area contributed by atoms with Crippen molar-refractivity contribution in [2.45, 2.75) is 116 Å². The molecule has 4 rings (SSSR count). The standard InChI is InChI=1S/C26H43F3O2/c1-5-11-25(31)14-13-23(3)17(15-25)6-7-18-20-9-8-19(16(2)22(30)26(27,28)29)24(20,4)12-10-21(18)23/h16-22,30-31H,5-15H2,1-4H3/t16-,17+,18-,19+,20-,21-,22-,23-,24+,25+/m0/s1. The zero-order chi connectivity index (χ0) is 22.8. The molecule has 4 saturated carbocycles. The fraction of sp³-hybridized carbons (Fsp3) is 1.00. The van der Waals surface area contributed by atoms with E-state index in [9.17, 15) is 23.4 Å². The van der Waals surface area contributed by atoms with E-state index in [4.69, 9.17) is 0 Å². The van der Waals surface area contributed by atoms with Gasteiger partial charge in [0.05, 0.1) is 5.60 Å². The van der Waals surface area contributed by atoms with Crippen molar-refractivity contribution in [1.82, 2.24) is 0 Å². The van der Waals surface area contributed by atoms with Gasteiger partial charge in [0.15, 0.2) is 6.10 Å². The average Bonchev–Trinajstić information content (AvgIpc) is 3.04. The molecule has 0 aromatic rings. The van der Waals surface area contributed by atoms with Gasteiger partial charge in [-0.3, -0.25) is 0 Å². The number of fused-ring (bicyclic) bond motifs is 5. The zero-order valence-corrected chi connectivity index (χ0v) is 19.8. The van der Waals surface area contributed by atoms with E-state index in [1.54, 1.807) is 6.92 Å². The van der Waals surface area contributed by atoms with Crippen LogP contribution in [0.1, 0.15) is 98.3 Å². The van der Waals surface area contributed by atoms with Crippen LogP contribution < -0.4 is 0 Å². The monoisotopic (exact) mass is 444 g/mol. The van der Waals surface area contributed by atoms with Crippen LogP contribution in [0.5, 0.6) is 0 Å². The van der Waals surface area contributed by atoms with E-state index in [-0.39, 0.29) is 16.7 Å². The van der Waals surface area contributed by atoms with Crippen LogP contribution in [-0.4, -0.2) is 28.1 Å². The van der Waals surface area contributed by atoms with Crippen LogP contribution in [0.3, 0.4) is 0 Å². The Balaban J connectivity index is 1.53. The summed E-state index contributed by atoms with van der Waals surface area (Å²) in [5, 5.41) is 21.1. The molecule has 2 nitrogen and oxygen atoms in total. The Kier molecular flexibility index (Phi) is 6.07. The van der Waals surface area contributed by atoms with E-state index in [1.165, 1.54) is 0 Å². The highest BCUT2D eigenvalue weighted by molar-refractivity contribution is 5.11. The van der Waals surface area contributed by atoms with Crippen molar-refractivity contribution in [2.24, 2.45) is 46.3 Å². The Hall–Kier alpha value is -0.290. The average molecular weight is 445 g/mol. The van der Waals surface area contributed by atoms with Crippen LogP contribution in [0.2, 0.25) is 0 Å². The fourth-order valence-corrected chi connectivity index (χ4v) is 9.44. The van der Waals surface area contributed by atoms with Crippen molar-refractivity contribution >= 4 is 0 Å². The molecule has 31 heavy (non-hydrogen) atoms. The molecule has 10 atom stereocenters. The maximum atomic E-state index is 13.3. The SMILES string of the molecule is CCC[C@@]1(O)CC[C@@]2(C)[C@H](CC[C@@H]3[C@@H]2CC[C@]2(C)[C@@H]([C@H](C)[C@H](O)C(F)(F)F)CC[C@@H]32)C1. The van der Waals surface area contributed by atoms with Gasteiger partial charge in [-0.15, -0.1) is 0 Å². The lowest BCUT2D eigenvalue weighted by atomic mass is 9.43. The molecule has 180 valence electrons. The zero-order valence-electron chi connectivity index (χ0n) is 19.8. The minimum Gasteiger partial charge on any atom is -0.390 e. The number of hydrogen-bond donors (Lipinski definition) is 2. The number of aliphatic hydroxyl groups excluding tert-OH is 1. The lowest BCUT2D eigenvalue weighted by Crippen LogP contribution is -2.56. The quantitative estimate of drug-likeness (QED) is 0.504. The number of hydrogen-bond acceptors (Lipinski definition) is 2. The van der Waals surface area contributed by atoms with Gasteiger partial charge in [-0.1, -0.05) is 34.1 Å². The topological polar surface area (TPSA) is 40.5 Å². The molecule has 0 bridgehead atoms. The molecule has 0 amide bonds. The second-order valence-electron chi connectivity index (χ2n) is 12.4. The Labute approximate surface area is 186 Å². The third kappa shape index (κ3) is 3.78. The number of halogens is 3. The lowest BCUT2D eigenvalue weighted by molar-refractivity contribution is -0.228. The van der Waals surface area contributed by atoms with Gasteiger partial charge in [-0.2, -0.15) is 13.2 Å². The molecule has 0 aromatic heterocycles. The van der Waals surface area contributed by atoms with Gasteiger partial charge >= 0.3 is 6.18 Å². The first-order chi connectivity index (χ1) is 14.4. The van der Waals surface area contributed by atoms with Gasteiger partial charge in [0, 0.05) is 0 Å². The summed E-state index contributed by atoms with van der Waals surface area (Å²) in [5.41, 5.74) is -0.316. The number of aliphatic hydroxyl groups is 2. The molecule has 0 heterocycles. The van der Waals surface area contributed by atoms with Crippen molar-refractivity contribution in [2.75, 3.05) is 0 Å². The van der Waals surface area contributed by atoms with E-state index >= 15 is 0 Å². The van der Waals surface area contributed by atoms with Crippen molar-refractivity contribution in [3.8, 4) is 0 Å². The highest BCUT2D eigenvalue weighted by Gasteiger charge is 2.62. The first kappa shape index (κ1) is 23.9. The molecule has 0 aliphatic heterocycles. The summed E-state index contributed by atoms with van der Waals surface area (Å²) < 4.78 is 39.8. The third-order valence-electron chi connectivity index (χ3n) is 11.1. The summed E-state index contributed by atoms with van der Waals surface area (Å²) >= 11 is 0. The molecule has 4 aliphatic rings. The Bertz CT molecular complexity index is 666. The minimum atomic E-state index is -4.53. The van der Waals surface area contributed by atoms with Crippen LogP contribution >= 0.6 is 0 Å². The third-order valence-corrected chi connectivity index (χ3v) is 11.1. The molecule has 4 aliphatic carbocycles. The van der Waals surface area contributed by atoms with Gasteiger partial charge in [0.25, 0.3) is 0 Å². The minimum absolute atomic E-state index is 0.0541.